The first-order chi connectivity index (χ1) is 6.18. The maximum atomic E-state index is 11.3. The SMILES string of the molecule is O=C1CCCc2[nH]c([N+](=O)[O-])cc21. The molecule has 13 heavy (non-hydrogen) atoms. The minimum Gasteiger partial charge on any atom is -0.358 e. The number of nitrogens with zero attached hydrogens (tertiary/aromatic N) is 1. The fourth-order valence-electron chi connectivity index (χ4n) is 1.59. The van der Waals surface area contributed by atoms with E-state index in [-0.39, 0.29) is 11.6 Å². The van der Waals surface area contributed by atoms with Crippen LogP contribution in [0.25, 0.3) is 0 Å². The molecule has 5 nitrogen and oxygen atoms in total. The molecule has 5 heteroatoms. The lowest BCUT2D eigenvalue weighted by atomic mass is 9.97. The number of Topliss-reactive ketones (excluding diaryl/α,β-unsaturated/α-hetero) is 1. The molecule has 1 aliphatic rings. The van der Waals surface area contributed by atoms with Crippen LogP contribution in [0.1, 0.15) is 28.9 Å². The zero-order valence-corrected chi connectivity index (χ0v) is 6.87. The van der Waals surface area contributed by atoms with E-state index in [2.05, 4.69) is 4.98 Å². The second kappa shape index (κ2) is 2.69. The second-order valence-electron chi connectivity index (χ2n) is 3.08. The minimum atomic E-state index is -0.508. The molecule has 0 radical (unpaired) electrons. The van der Waals surface area contributed by atoms with E-state index in [0.717, 1.165) is 12.8 Å². The van der Waals surface area contributed by atoms with Crippen LogP contribution in [0, 0.1) is 10.1 Å². The van der Waals surface area contributed by atoms with Crippen LogP contribution < -0.4 is 0 Å². The third kappa shape index (κ3) is 1.22. The molecule has 1 aliphatic carbocycles. The van der Waals surface area contributed by atoms with Crippen molar-refractivity contribution in [2.24, 2.45) is 0 Å². The van der Waals surface area contributed by atoms with Gasteiger partial charge in [-0.05, 0) is 11.3 Å². The number of carbonyl (C=O) groups is 1. The summed E-state index contributed by atoms with van der Waals surface area (Å²) in [6.45, 7) is 0. The number of hydrogen-bond donors (Lipinski definition) is 1. The summed E-state index contributed by atoms with van der Waals surface area (Å²) >= 11 is 0. The maximum absolute atomic E-state index is 11.3. The van der Waals surface area contributed by atoms with Crippen molar-refractivity contribution in [2.45, 2.75) is 19.3 Å². The predicted molar refractivity (Wildman–Crippen MR) is 44.7 cm³/mol. The summed E-state index contributed by atoms with van der Waals surface area (Å²) in [4.78, 5) is 23.8. The molecule has 1 heterocycles. The number of fused-ring (bicyclic) bond motifs is 1. The van der Waals surface area contributed by atoms with Crippen LogP contribution in [-0.2, 0) is 6.42 Å². The molecule has 0 bridgehead atoms. The zero-order chi connectivity index (χ0) is 9.42. The minimum absolute atomic E-state index is 0.00519. The van der Waals surface area contributed by atoms with Gasteiger partial charge in [-0.15, -0.1) is 0 Å². The van der Waals surface area contributed by atoms with Crippen LogP contribution in [0.2, 0.25) is 0 Å². The van der Waals surface area contributed by atoms with Crippen molar-refractivity contribution < 1.29 is 9.72 Å². The highest BCUT2D eigenvalue weighted by Gasteiger charge is 2.24. The van der Waals surface area contributed by atoms with Crippen molar-refractivity contribution in [1.29, 1.82) is 0 Å². The van der Waals surface area contributed by atoms with Gasteiger partial charge in [-0.25, -0.2) is 4.98 Å². The van der Waals surface area contributed by atoms with Gasteiger partial charge in [0.15, 0.2) is 5.78 Å². The second-order valence-corrected chi connectivity index (χ2v) is 3.08. The van der Waals surface area contributed by atoms with Gasteiger partial charge in [-0.3, -0.25) is 4.79 Å². The Labute approximate surface area is 73.9 Å². The van der Waals surface area contributed by atoms with Crippen LogP contribution in [0.5, 0.6) is 0 Å². The molecular weight excluding hydrogens is 172 g/mol. The van der Waals surface area contributed by atoms with Crippen LogP contribution >= 0.6 is 0 Å². The molecule has 0 atom stereocenters. The van der Waals surface area contributed by atoms with E-state index in [9.17, 15) is 14.9 Å². The van der Waals surface area contributed by atoms with Crippen molar-refractivity contribution in [2.75, 3.05) is 0 Å². The van der Waals surface area contributed by atoms with E-state index in [4.69, 9.17) is 0 Å². The third-order valence-corrected chi connectivity index (χ3v) is 2.21. The van der Waals surface area contributed by atoms with Crippen LogP contribution in [-0.4, -0.2) is 15.7 Å². The molecule has 0 unspecified atom stereocenters. The van der Waals surface area contributed by atoms with Gasteiger partial charge >= 0.3 is 5.82 Å². The third-order valence-electron chi connectivity index (χ3n) is 2.21. The Kier molecular flexibility index (Phi) is 1.65. The largest absolute Gasteiger partial charge is 0.358 e. The maximum Gasteiger partial charge on any atom is 0.321 e. The lowest BCUT2D eigenvalue weighted by Gasteiger charge is -2.05. The average Bonchev–Trinajstić information content (AvgIpc) is 2.49. The topological polar surface area (TPSA) is 76.0 Å². The molecule has 2 rings (SSSR count). The Morgan fingerprint density at radius 3 is 2.85 bits per heavy atom. The highest BCUT2D eigenvalue weighted by Crippen LogP contribution is 2.24. The number of aromatic nitrogens is 1. The van der Waals surface area contributed by atoms with Gasteiger partial charge in [0.1, 0.15) is 5.69 Å². The van der Waals surface area contributed by atoms with Gasteiger partial charge < -0.3 is 10.1 Å². The van der Waals surface area contributed by atoms with Gasteiger partial charge in [0.05, 0.1) is 5.56 Å². The van der Waals surface area contributed by atoms with E-state index in [1.54, 1.807) is 0 Å². The normalized spacial score (nSPS) is 15.5. The lowest BCUT2D eigenvalue weighted by molar-refractivity contribution is -0.389. The van der Waals surface area contributed by atoms with Crippen LogP contribution in [0.4, 0.5) is 5.82 Å². The number of hydrogen-bond acceptors (Lipinski definition) is 3. The molecule has 0 amide bonds. The van der Waals surface area contributed by atoms with Crippen molar-refractivity contribution >= 4 is 11.6 Å². The smallest absolute Gasteiger partial charge is 0.321 e. The summed E-state index contributed by atoms with van der Waals surface area (Å²) in [5.41, 5.74) is 1.21. The molecule has 68 valence electrons. The zero-order valence-electron chi connectivity index (χ0n) is 6.87. The van der Waals surface area contributed by atoms with E-state index < -0.39 is 4.92 Å². The van der Waals surface area contributed by atoms with Crippen molar-refractivity contribution in [3.8, 4) is 0 Å². The lowest BCUT2D eigenvalue weighted by Crippen LogP contribution is -2.08. The summed E-state index contributed by atoms with van der Waals surface area (Å²) in [7, 11) is 0. The highest BCUT2D eigenvalue weighted by molar-refractivity contribution is 5.98. The van der Waals surface area contributed by atoms with E-state index >= 15 is 0 Å². The Morgan fingerprint density at radius 2 is 2.23 bits per heavy atom. The molecule has 1 aromatic rings. The first-order valence-corrected chi connectivity index (χ1v) is 4.08. The van der Waals surface area contributed by atoms with Crippen molar-refractivity contribution in [1.82, 2.24) is 4.98 Å². The molecule has 0 aliphatic heterocycles. The number of ketones is 1. The summed E-state index contributed by atoms with van der Waals surface area (Å²) in [6, 6.07) is 1.33. The summed E-state index contributed by atoms with van der Waals surface area (Å²) in [5, 5.41) is 10.4. The van der Waals surface area contributed by atoms with Gasteiger partial charge in [0.25, 0.3) is 0 Å². The Bertz CT molecular complexity index is 381. The number of nitrogens with one attached hydrogen (secondary N) is 1. The fraction of sp³-hybridized carbons (Fsp3) is 0.375. The van der Waals surface area contributed by atoms with E-state index in [1.165, 1.54) is 6.07 Å². The number of rotatable bonds is 1. The predicted octanol–water partition coefficient (Wildman–Crippen LogP) is 1.44. The molecule has 0 aromatic carbocycles. The molecule has 0 saturated heterocycles. The van der Waals surface area contributed by atoms with Gasteiger partial charge in [-0.2, -0.15) is 0 Å². The van der Waals surface area contributed by atoms with Crippen molar-refractivity contribution in [3.63, 3.8) is 0 Å². The van der Waals surface area contributed by atoms with E-state index in [0.29, 0.717) is 17.7 Å². The van der Waals surface area contributed by atoms with Crippen molar-refractivity contribution in [3.05, 3.63) is 27.4 Å². The number of carbonyl (C=O) groups excluding carboxylic acids is 1. The number of aromatic amines is 1. The van der Waals surface area contributed by atoms with Crippen LogP contribution in [0.3, 0.4) is 0 Å². The number of aryl methyl sites for hydroxylation is 1. The highest BCUT2D eigenvalue weighted by atomic mass is 16.6. The Balaban J connectivity index is 2.48. The number of nitro groups is 1. The summed E-state index contributed by atoms with van der Waals surface area (Å²) in [6.07, 6.45) is 2.01. The van der Waals surface area contributed by atoms with Gasteiger partial charge in [-0.1, -0.05) is 0 Å². The monoisotopic (exact) mass is 180 g/mol. The molecule has 0 spiro atoms. The molecule has 0 fully saturated rings. The Hall–Kier alpha value is -1.65. The molecular formula is C8H8N2O3. The molecule has 0 saturated carbocycles. The first kappa shape index (κ1) is 7.97. The molecule has 1 N–H and O–H groups in total. The molecule has 1 aromatic heterocycles. The Morgan fingerprint density at radius 1 is 1.46 bits per heavy atom. The average molecular weight is 180 g/mol. The first-order valence-electron chi connectivity index (χ1n) is 4.08. The van der Waals surface area contributed by atoms with Gasteiger partial charge in [0.2, 0.25) is 0 Å². The van der Waals surface area contributed by atoms with Crippen LogP contribution in [0.15, 0.2) is 6.07 Å². The summed E-state index contributed by atoms with van der Waals surface area (Å²) in [5.74, 6) is -0.0779. The van der Waals surface area contributed by atoms with Gasteiger partial charge in [0, 0.05) is 18.9 Å². The number of H-pyrrole nitrogens is 1. The van der Waals surface area contributed by atoms with E-state index in [1.807, 2.05) is 0 Å². The fourth-order valence-corrected chi connectivity index (χ4v) is 1.59. The standard InChI is InChI=1S/C8H8N2O3/c11-7-3-1-2-6-5(7)4-8(9-6)10(12)13/h4,9H,1-3H2. The quantitative estimate of drug-likeness (QED) is 0.524. The summed E-state index contributed by atoms with van der Waals surface area (Å²) < 4.78 is 0.